The van der Waals surface area contributed by atoms with Crippen LogP contribution in [0.15, 0.2) is 38.6 Å². The first-order valence-corrected chi connectivity index (χ1v) is 10.2. The number of hydrogen-bond acceptors (Lipinski definition) is 3. The topological polar surface area (TPSA) is 63.0 Å². The third kappa shape index (κ3) is 3.63. The van der Waals surface area contributed by atoms with Crippen LogP contribution in [-0.4, -0.2) is 20.9 Å². The Morgan fingerprint density at radius 2 is 2.00 bits per heavy atom. The van der Waals surface area contributed by atoms with E-state index in [1.165, 1.54) is 23.9 Å². The van der Waals surface area contributed by atoms with Gasteiger partial charge in [-0.2, -0.15) is 9.78 Å². The highest BCUT2D eigenvalue weighted by atomic mass is 79.9. The molecule has 1 aliphatic carbocycles. The van der Waals surface area contributed by atoms with Crippen LogP contribution in [0.3, 0.4) is 0 Å². The molecule has 0 spiro atoms. The van der Waals surface area contributed by atoms with Gasteiger partial charge in [-0.25, -0.2) is 4.98 Å². The maximum absolute atomic E-state index is 13.2. The van der Waals surface area contributed by atoms with Gasteiger partial charge in [-0.1, -0.05) is 35.2 Å². The summed E-state index contributed by atoms with van der Waals surface area (Å²) in [7, 11) is 0. The monoisotopic (exact) mass is 426 g/mol. The van der Waals surface area contributed by atoms with Crippen molar-refractivity contribution in [2.45, 2.75) is 51.9 Å². The Kier molecular flexibility index (Phi) is 5.00. The number of benzene rings is 1. The van der Waals surface area contributed by atoms with Crippen molar-refractivity contribution >= 4 is 33.0 Å². The van der Waals surface area contributed by atoms with Crippen LogP contribution in [0, 0.1) is 13.8 Å². The number of aromatic nitrogens is 3. The molecule has 0 radical (unpaired) electrons. The van der Waals surface area contributed by atoms with E-state index in [2.05, 4.69) is 26.0 Å². The van der Waals surface area contributed by atoms with Crippen LogP contribution < -0.4 is 5.56 Å². The summed E-state index contributed by atoms with van der Waals surface area (Å²) in [4.78, 5) is 21.4. The molecule has 1 N–H and O–H groups in total. The molecular formula is C21H23BrN4O. The van der Waals surface area contributed by atoms with E-state index >= 15 is 0 Å². The summed E-state index contributed by atoms with van der Waals surface area (Å²) in [5.41, 5.74) is 3.74. The maximum atomic E-state index is 13.2. The summed E-state index contributed by atoms with van der Waals surface area (Å²) in [5, 5.41) is 5.17. The molecule has 0 unspecified atom stereocenters. The SMILES string of the molecule is Cc1cc(C=Nn2c(C3CCCCC3)nc3ccc(Br)cc3c2=O)c(C)[nH]1. The summed E-state index contributed by atoms with van der Waals surface area (Å²) in [6, 6.07) is 7.70. The van der Waals surface area contributed by atoms with Gasteiger partial charge in [-0.3, -0.25) is 4.79 Å². The summed E-state index contributed by atoms with van der Waals surface area (Å²) >= 11 is 3.46. The van der Waals surface area contributed by atoms with E-state index < -0.39 is 0 Å². The number of H-pyrrole nitrogens is 1. The van der Waals surface area contributed by atoms with E-state index in [9.17, 15) is 4.79 Å². The van der Waals surface area contributed by atoms with Gasteiger partial charge in [0.1, 0.15) is 5.82 Å². The van der Waals surface area contributed by atoms with Crippen molar-refractivity contribution in [3.05, 3.63) is 61.9 Å². The van der Waals surface area contributed by atoms with Crippen molar-refractivity contribution in [1.29, 1.82) is 0 Å². The van der Waals surface area contributed by atoms with E-state index in [1.807, 2.05) is 38.1 Å². The van der Waals surface area contributed by atoms with Gasteiger partial charge in [0, 0.05) is 27.3 Å². The van der Waals surface area contributed by atoms with E-state index in [0.717, 1.165) is 45.6 Å². The lowest BCUT2D eigenvalue weighted by molar-refractivity contribution is 0.416. The molecule has 0 saturated heterocycles. The number of aryl methyl sites for hydroxylation is 2. The Balaban J connectivity index is 1.88. The highest BCUT2D eigenvalue weighted by Gasteiger charge is 2.22. The number of nitrogens with zero attached hydrogens (tertiary/aromatic N) is 3. The Morgan fingerprint density at radius 1 is 1.22 bits per heavy atom. The van der Waals surface area contributed by atoms with Crippen molar-refractivity contribution in [3.63, 3.8) is 0 Å². The maximum Gasteiger partial charge on any atom is 0.282 e. The number of hydrogen-bond donors (Lipinski definition) is 1. The van der Waals surface area contributed by atoms with Crippen molar-refractivity contribution < 1.29 is 0 Å². The van der Waals surface area contributed by atoms with E-state index in [1.54, 1.807) is 6.21 Å². The zero-order valence-corrected chi connectivity index (χ0v) is 17.2. The molecule has 6 heteroatoms. The van der Waals surface area contributed by atoms with Gasteiger partial charge in [0.25, 0.3) is 5.56 Å². The van der Waals surface area contributed by atoms with Crippen LogP contribution in [0.1, 0.15) is 60.8 Å². The van der Waals surface area contributed by atoms with Crippen molar-refractivity contribution in [1.82, 2.24) is 14.6 Å². The molecular weight excluding hydrogens is 404 g/mol. The highest BCUT2D eigenvalue weighted by Crippen LogP contribution is 2.32. The minimum atomic E-state index is -0.108. The molecule has 2 heterocycles. The number of fused-ring (bicyclic) bond motifs is 1. The normalized spacial score (nSPS) is 15.8. The molecule has 0 bridgehead atoms. The predicted octanol–water partition coefficient (Wildman–Crippen LogP) is 5.03. The number of nitrogens with one attached hydrogen (secondary N) is 1. The molecule has 27 heavy (non-hydrogen) atoms. The van der Waals surface area contributed by atoms with E-state index in [0.29, 0.717) is 5.39 Å². The van der Waals surface area contributed by atoms with Gasteiger partial charge in [-0.05, 0) is 51.0 Å². The van der Waals surface area contributed by atoms with Gasteiger partial charge in [0.15, 0.2) is 0 Å². The van der Waals surface area contributed by atoms with Crippen LogP contribution in [-0.2, 0) is 0 Å². The lowest BCUT2D eigenvalue weighted by Gasteiger charge is -2.22. The fraction of sp³-hybridized carbons (Fsp3) is 0.381. The molecule has 4 rings (SSSR count). The van der Waals surface area contributed by atoms with Gasteiger partial charge in [0.05, 0.1) is 17.1 Å². The summed E-state index contributed by atoms with van der Waals surface area (Å²) in [6.07, 6.45) is 7.50. The van der Waals surface area contributed by atoms with E-state index in [-0.39, 0.29) is 11.5 Å². The predicted molar refractivity (Wildman–Crippen MR) is 113 cm³/mol. The van der Waals surface area contributed by atoms with Gasteiger partial charge >= 0.3 is 0 Å². The Labute approximate surface area is 166 Å². The lowest BCUT2D eigenvalue weighted by atomic mass is 9.88. The van der Waals surface area contributed by atoms with Gasteiger partial charge < -0.3 is 4.98 Å². The average molecular weight is 427 g/mol. The standard InChI is InChI=1S/C21H23BrN4O/c1-13-10-16(14(2)24-13)12-23-26-20(15-6-4-3-5-7-15)25-19-9-8-17(22)11-18(19)21(26)27/h8-12,15,24H,3-7H2,1-2H3. The molecule has 2 aromatic heterocycles. The van der Waals surface area contributed by atoms with Crippen LogP contribution in [0.2, 0.25) is 0 Å². The Hall–Kier alpha value is -2.21. The second-order valence-electron chi connectivity index (χ2n) is 7.36. The molecule has 140 valence electrons. The Morgan fingerprint density at radius 3 is 2.70 bits per heavy atom. The highest BCUT2D eigenvalue weighted by molar-refractivity contribution is 9.10. The quantitative estimate of drug-likeness (QED) is 0.596. The van der Waals surface area contributed by atoms with Crippen molar-refractivity contribution in [2.75, 3.05) is 0 Å². The largest absolute Gasteiger partial charge is 0.362 e. The molecule has 1 fully saturated rings. The van der Waals surface area contributed by atoms with Gasteiger partial charge in [-0.15, -0.1) is 0 Å². The Bertz CT molecular complexity index is 1070. The third-order valence-corrected chi connectivity index (χ3v) is 5.80. The van der Waals surface area contributed by atoms with Crippen LogP contribution in [0.4, 0.5) is 0 Å². The molecule has 1 aliphatic rings. The second kappa shape index (κ2) is 7.43. The molecule has 1 aromatic carbocycles. The smallest absolute Gasteiger partial charge is 0.282 e. The minimum absolute atomic E-state index is 0.108. The zero-order valence-electron chi connectivity index (χ0n) is 15.6. The van der Waals surface area contributed by atoms with Crippen LogP contribution in [0.25, 0.3) is 10.9 Å². The number of aromatic amines is 1. The van der Waals surface area contributed by atoms with E-state index in [4.69, 9.17) is 4.98 Å². The summed E-state index contributed by atoms with van der Waals surface area (Å²) in [6.45, 7) is 4.02. The molecule has 3 aromatic rings. The first kappa shape index (κ1) is 18.2. The average Bonchev–Trinajstić information content (AvgIpc) is 2.99. The summed E-state index contributed by atoms with van der Waals surface area (Å²) in [5.74, 6) is 1.07. The lowest BCUT2D eigenvalue weighted by Crippen LogP contribution is -2.25. The first-order chi connectivity index (χ1) is 13.0. The van der Waals surface area contributed by atoms with Crippen molar-refractivity contribution in [2.24, 2.45) is 5.10 Å². The molecule has 0 atom stereocenters. The zero-order chi connectivity index (χ0) is 19.0. The molecule has 0 aliphatic heterocycles. The molecule has 1 saturated carbocycles. The minimum Gasteiger partial charge on any atom is -0.362 e. The second-order valence-corrected chi connectivity index (χ2v) is 8.28. The molecule has 0 amide bonds. The van der Waals surface area contributed by atoms with Crippen LogP contribution >= 0.6 is 15.9 Å². The summed E-state index contributed by atoms with van der Waals surface area (Å²) < 4.78 is 2.39. The van der Waals surface area contributed by atoms with Crippen molar-refractivity contribution in [3.8, 4) is 0 Å². The first-order valence-electron chi connectivity index (χ1n) is 9.45. The molecule has 5 nitrogen and oxygen atoms in total. The number of halogens is 1. The van der Waals surface area contributed by atoms with Crippen LogP contribution in [0.5, 0.6) is 0 Å². The number of rotatable bonds is 3. The third-order valence-electron chi connectivity index (χ3n) is 5.31. The fourth-order valence-electron chi connectivity index (χ4n) is 3.90. The van der Waals surface area contributed by atoms with Gasteiger partial charge in [0.2, 0.25) is 0 Å². The fourth-order valence-corrected chi connectivity index (χ4v) is 4.26.